The minimum Gasteiger partial charge on any atom is -0.410 e. The fourth-order valence-electron chi connectivity index (χ4n) is 1.17. The summed E-state index contributed by atoms with van der Waals surface area (Å²) in [5.74, 6) is 0.504. The van der Waals surface area contributed by atoms with Gasteiger partial charge in [0.05, 0.1) is 6.54 Å². The third kappa shape index (κ3) is 3.42. The molecule has 0 aromatic heterocycles. The van der Waals surface area contributed by atoms with Crippen molar-refractivity contribution in [2.24, 2.45) is 0 Å². The lowest BCUT2D eigenvalue weighted by atomic mass is 10.1. The highest BCUT2D eigenvalue weighted by Crippen LogP contribution is 2.18. The Morgan fingerprint density at radius 1 is 1.47 bits per heavy atom. The van der Waals surface area contributed by atoms with E-state index in [1.807, 2.05) is 26.0 Å². The number of aldehydes is 1. The van der Waals surface area contributed by atoms with Crippen LogP contribution in [-0.2, 0) is 4.79 Å². The van der Waals surface area contributed by atoms with Gasteiger partial charge in [0, 0.05) is 0 Å². The summed E-state index contributed by atoms with van der Waals surface area (Å²) in [4.78, 5) is 21.1. The summed E-state index contributed by atoms with van der Waals surface area (Å²) in [7, 11) is 0. The summed E-state index contributed by atoms with van der Waals surface area (Å²) in [6.07, 6.45) is -0.0162. The van der Waals surface area contributed by atoms with Crippen LogP contribution < -0.4 is 10.1 Å². The van der Waals surface area contributed by atoms with Crippen LogP contribution in [0.2, 0.25) is 0 Å². The number of rotatable bonds is 3. The molecule has 4 heteroatoms. The number of nitrogens with one attached hydrogen (secondary N) is 1. The maximum absolute atomic E-state index is 11.1. The summed E-state index contributed by atoms with van der Waals surface area (Å²) in [6, 6.07) is 5.50. The summed E-state index contributed by atoms with van der Waals surface area (Å²) >= 11 is 0. The molecule has 0 aliphatic carbocycles. The van der Waals surface area contributed by atoms with Crippen molar-refractivity contribution >= 4 is 12.4 Å². The SMILES string of the molecule is Cc1ccc(OC(=O)NCC=O)c(C)c1. The first-order valence-electron chi connectivity index (χ1n) is 4.60. The first-order valence-corrected chi connectivity index (χ1v) is 4.60. The average Bonchev–Trinajstić information content (AvgIpc) is 2.19. The molecule has 0 unspecified atom stereocenters. The molecule has 80 valence electrons. The van der Waals surface area contributed by atoms with Crippen LogP contribution in [0.15, 0.2) is 18.2 Å². The van der Waals surface area contributed by atoms with Crippen molar-refractivity contribution in [2.75, 3.05) is 6.54 Å². The van der Waals surface area contributed by atoms with Gasteiger partial charge >= 0.3 is 6.09 Å². The van der Waals surface area contributed by atoms with E-state index in [0.29, 0.717) is 12.0 Å². The van der Waals surface area contributed by atoms with Gasteiger partial charge in [-0.25, -0.2) is 4.79 Å². The van der Waals surface area contributed by atoms with E-state index in [-0.39, 0.29) is 6.54 Å². The topological polar surface area (TPSA) is 55.4 Å². The third-order valence-electron chi connectivity index (χ3n) is 1.86. The van der Waals surface area contributed by atoms with Crippen molar-refractivity contribution in [1.29, 1.82) is 0 Å². The smallest absolute Gasteiger partial charge is 0.410 e. The number of amides is 1. The van der Waals surface area contributed by atoms with E-state index >= 15 is 0 Å². The predicted molar refractivity (Wildman–Crippen MR) is 56.0 cm³/mol. The van der Waals surface area contributed by atoms with Gasteiger partial charge in [0.15, 0.2) is 0 Å². The largest absolute Gasteiger partial charge is 0.412 e. The molecule has 0 aliphatic heterocycles. The molecular weight excluding hydrogens is 194 g/mol. The van der Waals surface area contributed by atoms with E-state index in [1.165, 1.54) is 0 Å². The van der Waals surface area contributed by atoms with Crippen LogP contribution in [0.4, 0.5) is 4.79 Å². The minimum absolute atomic E-state index is 0.0380. The van der Waals surface area contributed by atoms with Crippen LogP contribution in [0.25, 0.3) is 0 Å². The lowest BCUT2D eigenvalue weighted by Crippen LogP contribution is -2.28. The molecule has 0 fully saturated rings. The summed E-state index contributed by atoms with van der Waals surface area (Å²) in [6.45, 7) is 3.78. The zero-order valence-corrected chi connectivity index (χ0v) is 8.74. The second-order valence-electron chi connectivity index (χ2n) is 3.21. The number of carbonyl (C=O) groups is 2. The Kier molecular flexibility index (Phi) is 3.85. The Labute approximate surface area is 88.2 Å². The van der Waals surface area contributed by atoms with Gasteiger partial charge in [-0.3, -0.25) is 0 Å². The van der Waals surface area contributed by atoms with Crippen molar-refractivity contribution in [3.8, 4) is 5.75 Å². The fourth-order valence-corrected chi connectivity index (χ4v) is 1.17. The average molecular weight is 207 g/mol. The maximum Gasteiger partial charge on any atom is 0.412 e. The van der Waals surface area contributed by atoms with Gasteiger partial charge in [-0.1, -0.05) is 17.7 Å². The summed E-state index contributed by atoms with van der Waals surface area (Å²) in [5, 5.41) is 2.29. The molecule has 0 heterocycles. The zero-order valence-electron chi connectivity index (χ0n) is 8.74. The van der Waals surface area contributed by atoms with Crippen LogP contribution in [0, 0.1) is 13.8 Å². The maximum atomic E-state index is 11.1. The first-order chi connectivity index (χ1) is 7.13. The molecule has 0 saturated carbocycles. The second-order valence-corrected chi connectivity index (χ2v) is 3.21. The Bertz CT molecular complexity index is 374. The number of ether oxygens (including phenoxy) is 1. The molecule has 0 spiro atoms. The number of hydrogen-bond donors (Lipinski definition) is 1. The van der Waals surface area contributed by atoms with Crippen LogP contribution in [0.5, 0.6) is 5.75 Å². The van der Waals surface area contributed by atoms with E-state index in [9.17, 15) is 9.59 Å². The predicted octanol–water partition coefficient (Wildman–Crippen LogP) is 1.59. The minimum atomic E-state index is -0.617. The van der Waals surface area contributed by atoms with Crippen LogP contribution in [0.3, 0.4) is 0 Å². The molecule has 4 nitrogen and oxygen atoms in total. The molecular formula is C11H13NO3. The monoisotopic (exact) mass is 207 g/mol. The van der Waals surface area contributed by atoms with Crippen molar-refractivity contribution < 1.29 is 14.3 Å². The quantitative estimate of drug-likeness (QED) is 0.766. The molecule has 0 aliphatic rings. The van der Waals surface area contributed by atoms with E-state index in [0.717, 1.165) is 11.1 Å². The lowest BCUT2D eigenvalue weighted by molar-refractivity contribution is -0.107. The molecule has 0 atom stereocenters. The van der Waals surface area contributed by atoms with Gasteiger partial charge in [-0.2, -0.15) is 0 Å². The van der Waals surface area contributed by atoms with Crippen LogP contribution in [-0.4, -0.2) is 18.9 Å². The van der Waals surface area contributed by atoms with E-state index in [1.54, 1.807) is 6.07 Å². The Morgan fingerprint density at radius 2 is 2.20 bits per heavy atom. The highest BCUT2D eigenvalue weighted by molar-refractivity contribution is 5.73. The lowest BCUT2D eigenvalue weighted by Gasteiger charge is -2.07. The highest BCUT2D eigenvalue weighted by atomic mass is 16.6. The molecule has 1 rings (SSSR count). The van der Waals surface area contributed by atoms with Gasteiger partial charge < -0.3 is 14.8 Å². The molecule has 0 radical (unpaired) electrons. The van der Waals surface area contributed by atoms with Crippen molar-refractivity contribution in [3.63, 3.8) is 0 Å². The Hall–Kier alpha value is -1.84. The second kappa shape index (κ2) is 5.14. The number of benzene rings is 1. The van der Waals surface area contributed by atoms with Gasteiger partial charge in [0.2, 0.25) is 0 Å². The molecule has 15 heavy (non-hydrogen) atoms. The molecule has 1 N–H and O–H groups in total. The van der Waals surface area contributed by atoms with Gasteiger partial charge in [0.1, 0.15) is 12.0 Å². The van der Waals surface area contributed by atoms with Crippen LogP contribution >= 0.6 is 0 Å². The molecule has 1 amide bonds. The van der Waals surface area contributed by atoms with Crippen molar-refractivity contribution in [1.82, 2.24) is 5.32 Å². The standard InChI is InChI=1S/C11H13NO3/c1-8-3-4-10(9(2)7-8)15-11(14)12-5-6-13/h3-4,6-7H,5H2,1-2H3,(H,12,14). The Balaban J connectivity index is 2.64. The normalized spacial score (nSPS) is 9.47. The molecule has 1 aromatic carbocycles. The first kappa shape index (κ1) is 11.2. The Morgan fingerprint density at radius 3 is 2.80 bits per heavy atom. The van der Waals surface area contributed by atoms with Crippen molar-refractivity contribution in [3.05, 3.63) is 29.3 Å². The molecule has 1 aromatic rings. The van der Waals surface area contributed by atoms with Gasteiger partial charge in [0.25, 0.3) is 0 Å². The number of carbonyl (C=O) groups excluding carboxylic acids is 2. The highest BCUT2D eigenvalue weighted by Gasteiger charge is 2.05. The zero-order chi connectivity index (χ0) is 11.3. The van der Waals surface area contributed by atoms with Crippen molar-refractivity contribution in [2.45, 2.75) is 13.8 Å². The van der Waals surface area contributed by atoms with Gasteiger partial charge in [-0.15, -0.1) is 0 Å². The summed E-state index contributed by atoms with van der Waals surface area (Å²) in [5.41, 5.74) is 1.99. The number of hydrogen-bond acceptors (Lipinski definition) is 3. The van der Waals surface area contributed by atoms with Gasteiger partial charge in [-0.05, 0) is 25.5 Å². The third-order valence-corrected chi connectivity index (χ3v) is 1.86. The van der Waals surface area contributed by atoms with E-state index in [2.05, 4.69) is 5.32 Å². The van der Waals surface area contributed by atoms with Crippen LogP contribution in [0.1, 0.15) is 11.1 Å². The molecule has 0 saturated heterocycles. The summed E-state index contributed by atoms with van der Waals surface area (Å²) < 4.78 is 4.99. The van der Waals surface area contributed by atoms with E-state index < -0.39 is 6.09 Å². The molecule has 0 bridgehead atoms. The fraction of sp³-hybridized carbons (Fsp3) is 0.273. The van der Waals surface area contributed by atoms with E-state index in [4.69, 9.17) is 4.74 Å². The number of aryl methyl sites for hydroxylation is 2.